The number of rotatable bonds is 9. The summed E-state index contributed by atoms with van der Waals surface area (Å²) in [5, 5.41) is 0. The minimum absolute atomic E-state index is 0.639. The minimum Gasteiger partial charge on any atom is -0.382 e. The fourth-order valence-electron chi connectivity index (χ4n) is 1.02. The SMILES string of the molecule is COCCOCCCCC(C)CCl. The largest absolute Gasteiger partial charge is 0.382 e. The summed E-state index contributed by atoms with van der Waals surface area (Å²) >= 11 is 5.69. The molecule has 1 atom stereocenters. The lowest BCUT2D eigenvalue weighted by molar-refractivity contribution is 0.0683. The molecule has 0 amide bonds. The van der Waals surface area contributed by atoms with Crippen LogP contribution in [-0.2, 0) is 9.47 Å². The molecule has 0 aromatic rings. The van der Waals surface area contributed by atoms with E-state index in [2.05, 4.69) is 6.92 Å². The summed E-state index contributed by atoms with van der Waals surface area (Å²) in [5.41, 5.74) is 0. The lowest BCUT2D eigenvalue weighted by atomic mass is 10.1. The molecule has 0 saturated carbocycles. The molecule has 0 rings (SSSR count). The van der Waals surface area contributed by atoms with Crippen LogP contribution in [0.3, 0.4) is 0 Å². The van der Waals surface area contributed by atoms with Gasteiger partial charge in [-0.15, -0.1) is 11.6 Å². The summed E-state index contributed by atoms with van der Waals surface area (Å²) in [4.78, 5) is 0. The highest BCUT2D eigenvalue weighted by Gasteiger charge is 1.98. The zero-order valence-corrected chi connectivity index (χ0v) is 9.48. The molecular weight excluding hydrogens is 188 g/mol. The van der Waals surface area contributed by atoms with Crippen LogP contribution in [-0.4, -0.2) is 32.8 Å². The molecule has 0 N–H and O–H groups in total. The normalized spacial score (nSPS) is 13.2. The molecule has 2 nitrogen and oxygen atoms in total. The minimum atomic E-state index is 0.639. The Morgan fingerprint density at radius 3 is 2.54 bits per heavy atom. The molecule has 80 valence electrons. The van der Waals surface area contributed by atoms with Crippen molar-refractivity contribution in [2.45, 2.75) is 26.2 Å². The van der Waals surface area contributed by atoms with Gasteiger partial charge in [-0.05, 0) is 18.8 Å². The molecule has 0 aliphatic rings. The van der Waals surface area contributed by atoms with Gasteiger partial charge in [-0.2, -0.15) is 0 Å². The lowest BCUT2D eigenvalue weighted by Crippen LogP contribution is -2.03. The maximum atomic E-state index is 5.69. The Kier molecular flexibility index (Phi) is 10.5. The Morgan fingerprint density at radius 2 is 1.92 bits per heavy atom. The molecule has 0 aromatic heterocycles. The van der Waals surface area contributed by atoms with E-state index in [1.165, 1.54) is 12.8 Å². The van der Waals surface area contributed by atoms with Crippen molar-refractivity contribution in [1.82, 2.24) is 0 Å². The maximum Gasteiger partial charge on any atom is 0.0700 e. The van der Waals surface area contributed by atoms with E-state index in [9.17, 15) is 0 Å². The van der Waals surface area contributed by atoms with Gasteiger partial charge < -0.3 is 9.47 Å². The van der Waals surface area contributed by atoms with Gasteiger partial charge in [0.15, 0.2) is 0 Å². The summed E-state index contributed by atoms with van der Waals surface area (Å²) in [6.45, 7) is 4.43. The average molecular weight is 209 g/mol. The van der Waals surface area contributed by atoms with Gasteiger partial charge in [0.25, 0.3) is 0 Å². The maximum absolute atomic E-state index is 5.69. The van der Waals surface area contributed by atoms with E-state index in [0.717, 1.165) is 18.9 Å². The van der Waals surface area contributed by atoms with E-state index in [1.807, 2.05) is 0 Å². The summed E-state index contributed by atoms with van der Waals surface area (Å²) in [6.07, 6.45) is 3.54. The van der Waals surface area contributed by atoms with Gasteiger partial charge in [0.1, 0.15) is 0 Å². The third-order valence-electron chi connectivity index (χ3n) is 1.93. The first-order chi connectivity index (χ1) is 6.31. The van der Waals surface area contributed by atoms with E-state index in [-0.39, 0.29) is 0 Å². The molecule has 0 fully saturated rings. The molecule has 1 unspecified atom stereocenters. The summed E-state index contributed by atoms with van der Waals surface area (Å²) in [6, 6.07) is 0. The van der Waals surface area contributed by atoms with Crippen molar-refractivity contribution in [2.24, 2.45) is 5.92 Å². The highest BCUT2D eigenvalue weighted by Crippen LogP contribution is 2.08. The topological polar surface area (TPSA) is 18.5 Å². The number of hydrogen-bond acceptors (Lipinski definition) is 2. The first kappa shape index (κ1) is 13.2. The highest BCUT2D eigenvalue weighted by atomic mass is 35.5. The van der Waals surface area contributed by atoms with E-state index < -0.39 is 0 Å². The van der Waals surface area contributed by atoms with Crippen LogP contribution in [0.4, 0.5) is 0 Å². The van der Waals surface area contributed by atoms with E-state index in [1.54, 1.807) is 7.11 Å². The van der Waals surface area contributed by atoms with Crippen LogP contribution < -0.4 is 0 Å². The average Bonchev–Trinajstić information content (AvgIpc) is 2.16. The fraction of sp³-hybridized carbons (Fsp3) is 1.00. The standard InChI is InChI=1S/C10H21ClO2/c1-10(9-11)5-3-4-6-13-8-7-12-2/h10H,3-9H2,1-2H3. The predicted molar refractivity (Wildman–Crippen MR) is 56.4 cm³/mol. The first-order valence-corrected chi connectivity index (χ1v) is 5.47. The second-order valence-corrected chi connectivity index (χ2v) is 3.67. The third kappa shape index (κ3) is 10.1. The Balaban J connectivity index is 2.91. The van der Waals surface area contributed by atoms with Crippen molar-refractivity contribution >= 4 is 11.6 Å². The molecule has 13 heavy (non-hydrogen) atoms. The monoisotopic (exact) mass is 208 g/mol. The van der Waals surface area contributed by atoms with Crippen molar-refractivity contribution < 1.29 is 9.47 Å². The zero-order valence-electron chi connectivity index (χ0n) is 8.72. The number of unbranched alkanes of at least 4 members (excludes halogenated alkanes) is 1. The van der Waals surface area contributed by atoms with Gasteiger partial charge in [0.05, 0.1) is 13.2 Å². The van der Waals surface area contributed by atoms with Crippen molar-refractivity contribution in [3.05, 3.63) is 0 Å². The van der Waals surface area contributed by atoms with Gasteiger partial charge in [-0.3, -0.25) is 0 Å². The predicted octanol–water partition coefficient (Wildman–Crippen LogP) is 2.69. The Morgan fingerprint density at radius 1 is 1.15 bits per heavy atom. The van der Waals surface area contributed by atoms with Crippen LogP contribution in [0.1, 0.15) is 26.2 Å². The van der Waals surface area contributed by atoms with Gasteiger partial charge in [-0.1, -0.05) is 13.3 Å². The van der Waals surface area contributed by atoms with Crippen LogP contribution in [0.15, 0.2) is 0 Å². The van der Waals surface area contributed by atoms with Gasteiger partial charge in [0, 0.05) is 19.6 Å². The Bertz CT molecular complexity index is 98.9. The van der Waals surface area contributed by atoms with Gasteiger partial charge >= 0.3 is 0 Å². The van der Waals surface area contributed by atoms with Crippen molar-refractivity contribution in [1.29, 1.82) is 0 Å². The number of alkyl halides is 1. The van der Waals surface area contributed by atoms with Crippen LogP contribution >= 0.6 is 11.6 Å². The van der Waals surface area contributed by atoms with Crippen molar-refractivity contribution in [3.63, 3.8) is 0 Å². The van der Waals surface area contributed by atoms with Crippen LogP contribution in [0, 0.1) is 5.92 Å². The number of methoxy groups -OCH3 is 1. The molecule has 0 aromatic carbocycles. The van der Waals surface area contributed by atoms with Gasteiger partial charge in [0.2, 0.25) is 0 Å². The molecule has 0 aliphatic carbocycles. The number of halogens is 1. The molecule has 0 heterocycles. The van der Waals surface area contributed by atoms with Crippen molar-refractivity contribution in [2.75, 3.05) is 32.8 Å². The van der Waals surface area contributed by atoms with E-state index in [0.29, 0.717) is 19.1 Å². The third-order valence-corrected chi connectivity index (χ3v) is 2.46. The highest BCUT2D eigenvalue weighted by molar-refractivity contribution is 6.18. The number of ether oxygens (including phenoxy) is 2. The summed E-state index contributed by atoms with van der Waals surface area (Å²) in [7, 11) is 1.69. The Hall–Kier alpha value is 0.210. The molecule has 0 spiro atoms. The second-order valence-electron chi connectivity index (χ2n) is 3.36. The zero-order chi connectivity index (χ0) is 9.94. The van der Waals surface area contributed by atoms with Crippen molar-refractivity contribution in [3.8, 4) is 0 Å². The van der Waals surface area contributed by atoms with Crippen LogP contribution in [0.2, 0.25) is 0 Å². The van der Waals surface area contributed by atoms with Crippen LogP contribution in [0.25, 0.3) is 0 Å². The second kappa shape index (κ2) is 10.3. The Labute approximate surface area is 86.6 Å². The van der Waals surface area contributed by atoms with E-state index in [4.69, 9.17) is 21.1 Å². The molecule has 0 saturated heterocycles. The molecule has 0 aliphatic heterocycles. The lowest BCUT2D eigenvalue weighted by Gasteiger charge is -2.06. The molecular formula is C10H21ClO2. The smallest absolute Gasteiger partial charge is 0.0700 e. The molecule has 0 bridgehead atoms. The van der Waals surface area contributed by atoms with Gasteiger partial charge in [-0.25, -0.2) is 0 Å². The molecule has 0 radical (unpaired) electrons. The fourth-order valence-corrected chi connectivity index (χ4v) is 1.17. The first-order valence-electron chi connectivity index (χ1n) is 4.94. The molecule has 3 heteroatoms. The number of hydrogen-bond donors (Lipinski definition) is 0. The van der Waals surface area contributed by atoms with Crippen LogP contribution in [0.5, 0.6) is 0 Å². The quantitative estimate of drug-likeness (QED) is 0.429. The summed E-state index contributed by atoms with van der Waals surface area (Å²) in [5.74, 6) is 1.41. The van der Waals surface area contributed by atoms with E-state index >= 15 is 0 Å². The summed E-state index contributed by atoms with van der Waals surface area (Å²) < 4.78 is 10.2.